The number of hydrogen-bond acceptors (Lipinski definition) is 2. The van der Waals surface area contributed by atoms with Gasteiger partial charge in [-0.25, -0.2) is 0 Å². The van der Waals surface area contributed by atoms with Crippen LogP contribution in [0.2, 0.25) is 0 Å². The van der Waals surface area contributed by atoms with Crippen LogP contribution in [0.5, 0.6) is 0 Å². The minimum atomic E-state index is 0.994. The van der Waals surface area contributed by atoms with E-state index in [1.54, 1.807) is 17.0 Å². The zero-order valence-corrected chi connectivity index (χ0v) is 6.57. The van der Waals surface area contributed by atoms with Crippen molar-refractivity contribution in [1.82, 2.24) is 9.78 Å². The number of nitrogens with zero attached hydrogens (tertiary/aromatic N) is 3. The van der Waals surface area contributed by atoms with E-state index in [1.807, 2.05) is 20.0 Å². The fourth-order valence-electron chi connectivity index (χ4n) is 0.806. The molecule has 0 saturated carbocycles. The fraction of sp³-hybridized carbons (Fsp3) is 0.250. The van der Waals surface area contributed by atoms with E-state index in [4.69, 9.17) is 5.26 Å². The molecule has 0 saturated heterocycles. The summed E-state index contributed by atoms with van der Waals surface area (Å²) in [5.74, 6) is 0. The van der Waals surface area contributed by atoms with Gasteiger partial charge in [-0.2, -0.15) is 10.4 Å². The number of nitriles is 1. The molecule has 0 N–H and O–H groups in total. The first-order valence-corrected chi connectivity index (χ1v) is 3.30. The topological polar surface area (TPSA) is 41.6 Å². The molecule has 1 rings (SSSR count). The van der Waals surface area contributed by atoms with Crippen molar-refractivity contribution in [1.29, 1.82) is 5.26 Å². The highest BCUT2D eigenvalue weighted by Gasteiger charge is 1.97. The normalized spacial score (nSPS) is 10.3. The molecule has 0 bridgehead atoms. The molecule has 1 heterocycles. The molecule has 0 atom stereocenters. The molecule has 56 valence electrons. The Morgan fingerprint density at radius 1 is 1.73 bits per heavy atom. The summed E-state index contributed by atoms with van der Waals surface area (Å²) >= 11 is 0. The number of rotatable bonds is 1. The molecule has 0 radical (unpaired) electrons. The quantitative estimate of drug-likeness (QED) is 0.561. The third-order valence-corrected chi connectivity index (χ3v) is 1.61. The standard InChI is InChI=1S/C8H9N3/c1-7-8(4-3-5-9)6-10-11(7)2/h3-4,6H,1-2H3. The van der Waals surface area contributed by atoms with Crippen LogP contribution in [0.1, 0.15) is 11.3 Å². The Labute approximate surface area is 65.6 Å². The molecule has 0 aliphatic rings. The van der Waals surface area contributed by atoms with Crippen molar-refractivity contribution < 1.29 is 0 Å². The van der Waals surface area contributed by atoms with Crippen molar-refractivity contribution in [3.05, 3.63) is 23.5 Å². The van der Waals surface area contributed by atoms with Crippen LogP contribution in [0, 0.1) is 18.3 Å². The van der Waals surface area contributed by atoms with E-state index in [0.29, 0.717) is 0 Å². The van der Waals surface area contributed by atoms with Crippen molar-refractivity contribution in [2.45, 2.75) is 6.92 Å². The molecule has 3 heteroatoms. The van der Waals surface area contributed by atoms with Crippen LogP contribution in [-0.2, 0) is 7.05 Å². The maximum atomic E-state index is 8.26. The van der Waals surface area contributed by atoms with Crippen molar-refractivity contribution in [2.24, 2.45) is 7.05 Å². The van der Waals surface area contributed by atoms with Crippen LogP contribution < -0.4 is 0 Å². The summed E-state index contributed by atoms with van der Waals surface area (Å²) in [6.07, 6.45) is 4.94. The molecule has 0 spiro atoms. The number of allylic oxidation sites excluding steroid dienone is 1. The Morgan fingerprint density at radius 2 is 2.45 bits per heavy atom. The highest BCUT2D eigenvalue weighted by molar-refractivity contribution is 5.52. The second kappa shape index (κ2) is 3.02. The van der Waals surface area contributed by atoms with Gasteiger partial charge < -0.3 is 0 Å². The van der Waals surface area contributed by atoms with Gasteiger partial charge in [0.1, 0.15) is 0 Å². The first kappa shape index (κ1) is 7.55. The summed E-state index contributed by atoms with van der Waals surface area (Å²) in [7, 11) is 1.87. The lowest BCUT2D eigenvalue weighted by Gasteiger charge is -1.92. The van der Waals surface area contributed by atoms with Gasteiger partial charge in [-0.3, -0.25) is 4.68 Å². The SMILES string of the molecule is Cc1c(C=CC#N)cnn1C. The Morgan fingerprint density at radius 3 is 2.91 bits per heavy atom. The summed E-state index contributed by atoms with van der Waals surface area (Å²) in [4.78, 5) is 0. The van der Waals surface area contributed by atoms with E-state index in [-0.39, 0.29) is 0 Å². The lowest BCUT2D eigenvalue weighted by atomic mass is 10.2. The molecule has 0 aromatic carbocycles. The molecule has 0 amide bonds. The minimum absolute atomic E-state index is 0.994. The Kier molecular flexibility index (Phi) is 2.07. The fourth-order valence-corrected chi connectivity index (χ4v) is 0.806. The van der Waals surface area contributed by atoms with E-state index in [1.165, 1.54) is 6.08 Å². The summed E-state index contributed by atoms with van der Waals surface area (Å²) in [6, 6.07) is 1.94. The largest absolute Gasteiger partial charge is 0.272 e. The summed E-state index contributed by atoms with van der Waals surface area (Å²) in [6.45, 7) is 1.96. The van der Waals surface area contributed by atoms with Gasteiger partial charge in [0.05, 0.1) is 12.3 Å². The van der Waals surface area contributed by atoms with E-state index in [2.05, 4.69) is 5.10 Å². The van der Waals surface area contributed by atoms with Crippen LogP contribution in [0.25, 0.3) is 6.08 Å². The van der Waals surface area contributed by atoms with Gasteiger partial charge in [0.25, 0.3) is 0 Å². The van der Waals surface area contributed by atoms with Crippen molar-refractivity contribution in [2.75, 3.05) is 0 Å². The van der Waals surface area contributed by atoms with Crippen molar-refractivity contribution in [3.8, 4) is 6.07 Å². The summed E-state index contributed by atoms with van der Waals surface area (Å²) < 4.78 is 1.77. The zero-order chi connectivity index (χ0) is 8.27. The van der Waals surface area contributed by atoms with E-state index < -0.39 is 0 Å². The second-order valence-electron chi connectivity index (χ2n) is 2.27. The van der Waals surface area contributed by atoms with Gasteiger partial charge in [0.15, 0.2) is 0 Å². The predicted molar refractivity (Wildman–Crippen MR) is 42.6 cm³/mol. The third kappa shape index (κ3) is 1.47. The number of aryl methyl sites for hydroxylation is 1. The van der Waals surface area contributed by atoms with Crippen LogP contribution in [0.4, 0.5) is 0 Å². The van der Waals surface area contributed by atoms with E-state index >= 15 is 0 Å². The molecule has 0 fully saturated rings. The highest BCUT2D eigenvalue weighted by Crippen LogP contribution is 2.06. The first-order valence-electron chi connectivity index (χ1n) is 3.30. The molecule has 1 aromatic heterocycles. The minimum Gasteiger partial charge on any atom is -0.272 e. The van der Waals surface area contributed by atoms with Gasteiger partial charge in [0.2, 0.25) is 0 Å². The second-order valence-corrected chi connectivity index (χ2v) is 2.27. The van der Waals surface area contributed by atoms with Gasteiger partial charge in [-0.1, -0.05) is 0 Å². The molecule has 3 nitrogen and oxygen atoms in total. The Hall–Kier alpha value is -1.56. The van der Waals surface area contributed by atoms with Gasteiger partial charge in [-0.05, 0) is 13.0 Å². The van der Waals surface area contributed by atoms with Crippen molar-refractivity contribution in [3.63, 3.8) is 0 Å². The molecule has 0 aliphatic heterocycles. The highest BCUT2D eigenvalue weighted by atomic mass is 15.3. The molecule has 1 aromatic rings. The zero-order valence-electron chi connectivity index (χ0n) is 6.57. The monoisotopic (exact) mass is 147 g/mol. The molecule has 11 heavy (non-hydrogen) atoms. The van der Waals surface area contributed by atoms with Crippen LogP contribution in [-0.4, -0.2) is 9.78 Å². The molecule has 0 aliphatic carbocycles. The maximum Gasteiger partial charge on any atom is 0.0912 e. The van der Waals surface area contributed by atoms with Crippen molar-refractivity contribution >= 4 is 6.08 Å². The Bertz CT molecular complexity index is 315. The lowest BCUT2D eigenvalue weighted by molar-refractivity contribution is 0.740. The molecular weight excluding hydrogens is 138 g/mol. The third-order valence-electron chi connectivity index (χ3n) is 1.61. The average Bonchev–Trinajstić information content (AvgIpc) is 2.31. The van der Waals surface area contributed by atoms with Gasteiger partial charge in [0, 0.05) is 24.4 Å². The smallest absolute Gasteiger partial charge is 0.0912 e. The van der Waals surface area contributed by atoms with Gasteiger partial charge >= 0.3 is 0 Å². The Balaban J connectivity index is 2.98. The summed E-state index contributed by atoms with van der Waals surface area (Å²) in [5, 5.41) is 12.3. The van der Waals surface area contributed by atoms with Crippen LogP contribution in [0.15, 0.2) is 12.3 Å². The summed E-state index contributed by atoms with van der Waals surface area (Å²) in [5.41, 5.74) is 2.06. The predicted octanol–water partition coefficient (Wildman–Crippen LogP) is 1.27. The number of aromatic nitrogens is 2. The first-order chi connectivity index (χ1) is 5.25. The van der Waals surface area contributed by atoms with Crippen LogP contribution >= 0.6 is 0 Å². The average molecular weight is 147 g/mol. The van der Waals surface area contributed by atoms with Gasteiger partial charge in [-0.15, -0.1) is 0 Å². The van der Waals surface area contributed by atoms with Crippen LogP contribution in [0.3, 0.4) is 0 Å². The van der Waals surface area contributed by atoms with E-state index in [9.17, 15) is 0 Å². The molecule has 0 unspecified atom stereocenters. The lowest BCUT2D eigenvalue weighted by Crippen LogP contribution is -1.91. The van der Waals surface area contributed by atoms with E-state index in [0.717, 1.165) is 11.3 Å². The molecular formula is C8H9N3. The number of hydrogen-bond donors (Lipinski definition) is 0. The maximum absolute atomic E-state index is 8.26.